The molecule has 2 aromatic heterocycles. The first-order valence-corrected chi connectivity index (χ1v) is 9.35. The van der Waals surface area contributed by atoms with Crippen LogP contribution < -0.4 is 10.6 Å². The number of fused-ring (bicyclic) bond motifs is 1. The van der Waals surface area contributed by atoms with Crippen LogP contribution in [0.5, 0.6) is 0 Å². The number of hydrogen-bond donors (Lipinski definition) is 2. The van der Waals surface area contributed by atoms with Gasteiger partial charge in [-0.2, -0.15) is 0 Å². The van der Waals surface area contributed by atoms with Gasteiger partial charge in [0.15, 0.2) is 0 Å². The minimum atomic E-state index is -1.28. The van der Waals surface area contributed by atoms with Gasteiger partial charge in [0.05, 0.1) is 11.1 Å². The number of benzene rings is 2. The van der Waals surface area contributed by atoms with E-state index >= 15 is 0 Å². The molecule has 0 unspecified atom stereocenters. The molecule has 0 saturated heterocycles. The van der Waals surface area contributed by atoms with Crippen LogP contribution in [0.3, 0.4) is 0 Å². The van der Waals surface area contributed by atoms with Gasteiger partial charge in [-0.1, -0.05) is 12.1 Å². The molecule has 4 aromatic rings. The van der Waals surface area contributed by atoms with Crippen molar-refractivity contribution in [2.24, 2.45) is 5.73 Å². The summed E-state index contributed by atoms with van der Waals surface area (Å²) in [5, 5.41) is 0.404. The molecule has 3 N–H and O–H groups in total. The van der Waals surface area contributed by atoms with Gasteiger partial charge in [-0.05, 0) is 35.9 Å². The highest BCUT2D eigenvalue weighted by Gasteiger charge is 2.25. The van der Waals surface area contributed by atoms with Crippen molar-refractivity contribution in [3.05, 3.63) is 83.2 Å². The number of ketones is 1. The molecule has 0 aliphatic carbocycles. The van der Waals surface area contributed by atoms with Crippen LogP contribution in [0, 0.1) is 11.6 Å². The summed E-state index contributed by atoms with van der Waals surface area (Å²) < 4.78 is 29.1. The topological polar surface area (TPSA) is 92.1 Å². The van der Waals surface area contributed by atoms with E-state index in [2.05, 4.69) is 9.97 Å². The molecule has 0 fully saturated rings. The molecule has 4 rings (SSSR count). The van der Waals surface area contributed by atoms with Crippen molar-refractivity contribution in [2.45, 2.75) is 0 Å². The normalized spacial score (nSPS) is 11.0. The Morgan fingerprint density at radius 1 is 1.03 bits per heavy atom. The molecule has 0 radical (unpaired) electrons. The Bertz CT molecular complexity index is 1340. The lowest BCUT2D eigenvalue weighted by Crippen LogP contribution is -2.17. The second-order valence-electron chi connectivity index (χ2n) is 7.24. The average molecular weight is 420 g/mol. The number of primary amides is 1. The van der Waals surface area contributed by atoms with Crippen molar-refractivity contribution in [2.75, 3.05) is 19.0 Å². The van der Waals surface area contributed by atoms with Gasteiger partial charge in [0.2, 0.25) is 5.78 Å². The number of nitrogens with zero attached hydrogens (tertiary/aromatic N) is 2. The molecule has 0 spiro atoms. The van der Waals surface area contributed by atoms with Gasteiger partial charge >= 0.3 is 0 Å². The van der Waals surface area contributed by atoms with E-state index in [0.717, 1.165) is 28.9 Å². The number of pyridine rings is 1. The van der Waals surface area contributed by atoms with Crippen LogP contribution in [0.25, 0.3) is 22.2 Å². The minimum absolute atomic E-state index is 0.0348. The van der Waals surface area contributed by atoms with Crippen LogP contribution in [-0.2, 0) is 0 Å². The van der Waals surface area contributed by atoms with Gasteiger partial charge in [-0.25, -0.2) is 13.8 Å². The fraction of sp³-hybridized carbons (Fsp3) is 0.0870. The summed E-state index contributed by atoms with van der Waals surface area (Å²) >= 11 is 0. The minimum Gasteiger partial charge on any atom is -0.378 e. The van der Waals surface area contributed by atoms with Crippen LogP contribution in [0.2, 0.25) is 0 Å². The maximum absolute atomic E-state index is 14.7. The first-order chi connectivity index (χ1) is 14.8. The summed E-state index contributed by atoms with van der Waals surface area (Å²) in [7, 11) is 3.85. The van der Waals surface area contributed by atoms with Gasteiger partial charge in [0.1, 0.15) is 17.3 Å². The van der Waals surface area contributed by atoms with Gasteiger partial charge < -0.3 is 15.6 Å². The molecule has 2 aromatic carbocycles. The molecule has 0 bridgehead atoms. The largest absolute Gasteiger partial charge is 0.378 e. The monoisotopic (exact) mass is 420 g/mol. The van der Waals surface area contributed by atoms with Crippen LogP contribution >= 0.6 is 0 Å². The number of nitrogens with two attached hydrogens (primary N) is 1. The van der Waals surface area contributed by atoms with Crippen molar-refractivity contribution in [1.82, 2.24) is 9.97 Å². The molecule has 31 heavy (non-hydrogen) atoms. The number of nitrogens with one attached hydrogen (secondary N) is 1. The lowest BCUT2D eigenvalue weighted by atomic mass is 9.98. The van der Waals surface area contributed by atoms with Crippen LogP contribution in [0.15, 0.2) is 54.9 Å². The van der Waals surface area contributed by atoms with Crippen molar-refractivity contribution >= 4 is 28.4 Å². The molecule has 0 aliphatic heterocycles. The summed E-state index contributed by atoms with van der Waals surface area (Å²) in [6, 6.07) is 11.2. The lowest BCUT2D eigenvalue weighted by Gasteiger charge is -2.13. The number of carbonyl (C=O) groups is 2. The van der Waals surface area contributed by atoms with Crippen LogP contribution in [-0.4, -0.2) is 35.8 Å². The van der Waals surface area contributed by atoms with Crippen molar-refractivity contribution in [1.29, 1.82) is 0 Å². The quantitative estimate of drug-likeness (QED) is 0.479. The molecule has 0 aliphatic rings. The molecule has 156 valence electrons. The average Bonchev–Trinajstić information content (AvgIpc) is 3.16. The van der Waals surface area contributed by atoms with Gasteiger partial charge in [0.25, 0.3) is 5.91 Å². The molecule has 6 nitrogen and oxygen atoms in total. The number of aromatic nitrogens is 2. The highest BCUT2D eigenvalue weighted by molar-refractivity contribution is 6.17. The van der Waals surface area contributed by atoms with Crippen LogP contribution in [0.1, 0.15) is 26.3 Å². The zero-order chi connectivity index (χ0) is 22.3. The molecular weight excluding hydrogens is 402 g/mol. The number of halogens is 2. The Hall–Kier alpha value is -4.07. The van der Waals surface area contributed by atoms with E-state index in [1.54, 1.807) is 12.3 Å². The number of anilines is 1. The third-order valence-corrected chi connectivity index (χ3v) is 5.06. The number of H-pyrrole nitrogens is 1. The Labute approximate surface area is 176 Å². The fourth-order valence-corrected chi connectivity index (χ4v) is 3.40. The van der Waals surface area contributed by atoms with Crippen molar-refractivity contribution in [3.8, 4) is 11.1 Å². The molecule has 8 heteroatoms. The summed E-state index contributed by atoms with van der Waals surface area (Å²) in [5.74, 6) is -4.36. The second-order valence-corrected chi connectivity index (χ2v) is 7.24. The summed E-state index contributed by atoms with van der Waals surface area (Å²) in [6.07, 6.45) is 2.99. The molecule has 0 saturated carbocycles. The predicted molar refractivity (Wildman–Crippen MR) is 114 cm³/mol. The summed E-state index contributed by atoms with van der Waals surface area (Å²) in [6.45, 7) is 0. The van der Waals surface area contributed by atoms with Gasteiger partial charge in [-0.15, -0.1) is 0 Å². The Kier molecular flexibility index (Phi) is 4.98. The van der Waals surface area contributed by atoms with Crippen LogP contribution in [0.4, 0.5) is 14.5 Å². The van der Waals surface area contributed by atoms with E-state index in [1.165, 1.54) is 6.20 Å². The maximum atomic E-state index is 14.7. The van der Waals surface area contributed by atoms with Crippen molar-refractivity contribution in [3.63, 3.8) is 0 Å². The van der Waals surface area contributed by atoms with E-state index in [4.69, 9.17) is 5.73 Å². The van der Waals surface area contributed by atoms with E-state index in [0.29, 0.717) is 11.0 Å². The van der Waals surface area contributed by atoms with Gasteiger partial charge in [-0.3, -0.25) is 9.59 Å². The number of carbonyl (C=O) groups excluding carboxylic acids is 2. The zero-order valence-electron chi connectivity index (χ0n) is 16.7. The zero-order valence-corrected chi connectivity index (χ0v) is 16.7. The predicted octanol–water partition coefficient (Wildman–Crippen LogP) is 3.90. The third kappa shape index (κ3) is 3.52. The smallest absolute Gasteiger partial charge is 0.251 e. The number of amides is 1. The SMILES string of the molecule is CN(C)c1cccc(-c2cnc3[nH]cc(C(=O)c4c(F)ccc(C(N)=O)c4F)c3c2)c1. The Balaban J connectivity index is 1.84. The Morgan fingerprint density at radius 3 is 2.52 bits per heavy atom. The Morgan fingerprint density at radius 2 is 1.81 bits per heavy atom. The van der Waals surface area contributed by atoms with E-state index in [9.17, 15) is 18.4 Å². The fourth-order valence-electron chi connectivity index (χ4n) is 3.40. The maximum Gasteiger partial charge on any atom is 0.251 e. The van der Waals surface area contributed by atoms with Crippen molar-refractivity contribution < 1.29 is 18.4 Å². The first kappa shape index (κ1) is 20.2. The van der Waals surface area contributed by atoms with E-state index in [1.807, 2.05) is 43.3 Å². The van der Waals surface area contributed by atoms with E-state index < -0.39 is 34.5 Å². The molecule has 0 atom stereocenters. The van der Waals surface area contributed by atoms with Gasteiger partial charge in [0, 0.05) is 48.7 Å². The number of rotatable bonds is 5. The van der Waals surface area contributed by atoms with E-state index in [-0.39, 0.29) is 5.56 Å². The highest BCUT2D eigenvalue weighted by Crippen LogP contribution is 2.29. The molecular formula is C23H18F2N4O2. The molecule has 1 amide bonds. The summed E-state index contributed by atoms with van der Waals surface area (Å²) in [4.78, 5) is 33.6. The number of aromatic amines is 1. The first-order valence-electron chi connectivity index (χ1n) is 9.35. The lowest BCUT2D eigenvalue weighted by molar-refractivity contribution is 0.0996. The number of hydrogen-bond acceptors (Lipinski definition) is 4. The standard InChI is InChI=1S/C23H18F2N4O2/c1-29(2)14-5-3-4-12(8-14)13-9-16-17(11-28-23(16)27-10-13)21(30)19-18(24)7-6-15(20(19)25)22(26)31/h3-11H,1-2H3,(H2,26,31)(H,27,28). The third-order valence-electron chi connectivity index (χ3n) is 5.06. The highest BCUT2D eigenvalue weighted by atomic mass is 19.1. The molecule has 2 heterocycles. The summed E-state index contributed by atoms with van der Waals surface area (Å²) in [5.41, 5.74) is 6.75. The second kappa shape index (κ2) is 7.64.